The van der Waals surface area contributed by atoms with Gasteiger partial charge in [-0.25, -0.2) is 13.2 Å². The molecule has 3 N–H and O–H groups in total. The monoisotopic (exact) mass is 267 g/mol. The highest BCUT2D eigenvalue weighted by Crippen LogP contribution is 2.28. The van der Waals surface area contributed by atoms with Crippen molar-refractivity contribution >= 4 is 0 Å². The van der Waals surface area contributed by atoms with Gasteiger partial charge in [0, 0.05) is 0 Å². The maximum absolute atomic E-state index is 13.6. The van der Waals surface area contributed by atoms with Crippen LogP contribution in [0.15, 0.2) is 36.4 Å². The molecule has 0 aromatic heterocycles. The zero-order valence-corrected chi connectivity index (χ0v) is 9.91. The van der Waals surface area contributed by atoms with Crippen molar-refractivity contribution in [2.45, 2.75) is 6.04 Å². The summed E-state index contributed by atoms with van der Waals surface area (Å²) in [6, 6.07) is 7.01. The van der Waals surface area contributed by atoms with E-state index in [0.717, 1.165) is 12.1 Å². The van der Waals surface area contributed by atoms with Gasteiger partial charge in [0.1, 0.15) is 5.82 Å². The summed E-state index contributed by atoms with van der Waals surface area (Å²) in [5, 5.41) is 8.90. The largest absolute Gasteiger partial charge is 0.394 e. The van der Waals surface area contributed by atoms with Crippen LogP contribution in [-0.4, -0.2) is 11.7 Å². The Morgan fingerprint density at radius 2 is 1.53 bits per heavy atom. The van der Waals surface area contributed by atoms with Crippen molar-refractivity contribution in [3.8, 4) is 11.1 Å². The van der Waals surface area contributed by atoms with Gasteiger partial charge in [0.05, 0.1) is 18.2 Å². The lowest BCUT2D eigenvalue weighted by Gasteiger charge is -2.10. The van der Waals surface area contributed by atoms with Crippen molar-refractivity contribution in [3.05, 3.63) is 59.4 Å². The molecule has 2 aromatic rings. The third-order valence-electron chi connectivity index (χ3n) is 2.87. The van der Waals surface area contributed by atoms with Crippen LogP contribution < -0.4 is 5.73 Å². The van der Waals surface area contributed by atoms with E-state index in [1.165, 1.54) is 12.1 Å². The lowest BCUT2D eigenvalue weighted by atomic mass is 10.0. The van der Waals surface area contributed by atoms with E-state index in [0.29, 0.717) is 5.56 Å². The van der Waals surface area contributed by atoms with Gasteiger partial charge in [0.15, 0.2) is 11.6 Å². The van der Waals surface area contributed by atoms with E-state index in [-0.39, 0.29) is 12.2 Å². The Hall–Kier alpha value is -1.85. The maximum Gasteiger partial charge on any atom is 0.169 e. The van der Waals surface area contributed by atoms with E-state index in [2.05, 4.69) is 0 Å². The third kappa shape index (κ3) is 2.62. The lowest BCUT2D eigenvalue weighted by Crippen LogP contribution is -2.14. The molecule has 0 spiro atoms. The molecule has 2 aromatic carbocycles. The highest BCUT2D eigenvalue weighted by atomic mass is 19.2. The van der Waals surface area contributed by atoms with Gasteiger partial charge in [-0.2, -0.15) is 0 Å². The van der Waals surface area contributed by atoms with Crippen LogP contribution in [0.5, 0.6) is 0 Å². The first-order valence-corrected chi connectivity index (χ1v) is 5.65. The van der Waals surface area contributed by atoms with Gasteiger partial charge in [-0.15, -0.1) is 0 Å². The molecule has 0 unspecified atom stereocenters. The summed E-state index contributed by atoms with van der Waals surface area (Å²) in [7, 11) is 0. The van der Waals surface area contributed by atoms with E-state index >= 15 is 0 Å². The summed E-state index contributed by atoms with van der Waals surface area (Å²) >= 11 is 0. The van der Waals surface area contributed by atoms with Crippen LogP contribution in [0.2, 0.25) is 0 Å². The topological polar surface area (TPSA) is 46.2 Å². The fourth-order valence-corrected chi connectivity index (χ4v) is 1.79. The molecule has 0 amide bonds. The van der Waals surface area contributed by atoms with E-state index in [4.69, 9.17) is 10.8 Å². The molecule has 2 rings (SSSR count). The van der Waals surface area contributed by atoms with Crippen molar-refractivity contribution in [1.29, 1.82) is 0 Å². The van der Waals surface area contributed by atoms with E-state index in [9.17, 15) is 13.2 Å². The number of aliphatic hydroxyl groups excluding tert-OH is 1. The van der Waals surface area contributed by atoms with Crippen LogP contribution in [0.3, 0.4) is 0 Å². The molecule has 0 aliphatic carbocycles. The van der Waals surface area contributed by atoms with Gasteiger partial charge in [-0.1, -0.05) is 24.3 Å². The highest BCUT2D eigenvalue weighted by molar-refractivity contribution is 5.65. The van der Waals surface area contributed by atoms with E-state index in [1.54, 1.807) is 12.1 Å². The Bertz CT molecular complexity index is 584. The summed E-state index contributed by atoms with van der Waals surface area (Å²) in [6.45, 7) is -0.234. The number of hydrogen-bond donors (Lipinski definition) is 2. The lowest BCUT2D eigenvalue weighted by molar-refractivity contribution is 0.268. The molecular formula is C14H12F3NO. The Labute approximate surface area is 108 Å². The molecule has 100 valence electrons. The second kappa shape index (κ2) is 5.42. The number of aliphatic hydroxyl groups is 1. The second-order valence-electron chi connectivity index (χ2n) is 4.13. The first-order valence-electron chi connectivity index (χ1n) is 5.65. The van der Waals surface area contributed by atoms with Crippen LogP contribution in [0.4, 0.5) is 13.2 Å². The Kier molecular flexibility index (Phi) is 3.87. The van der Waals surface area contributed by atoms with Gasteiger partial charge in [-0.3, -0.25) is 0 Å². The van der Waals surface area contributed by atoms with Gasteiger partial charge in [-0.05, 0) is 23.3 Å². The molecule has 0 heterocycles. The average Bonchev–Trinajstić information content (AvgIpc) is 2.43. The molecule has 0 fully saturated rings. The molecule has 1 atom stereocenters. The third-order valence-corrected chi connectivity index (χ3v) is 2.87. The van der Waals surface area contributed by atoms with Gasteiger partial charge >= 0.3 is 0 Å². The average molecular weight is 267 g/mol. The number of nitrogens with two attached hydrogens (primary N) is 1. The Morgan fingerprint density at radius 1 is 0.947 bits per heavy atom. The summed E-state index contributed by atoms with van der Waals surface area (Å²) in [6.07, 6.45) is 0. The quantitative estimate of drug-likeness (QED) is 0.840. The Morgan fingerprint density at radius 3 is 2.11 bits per heavy atom. The summed E-state index contributed by atoms with van der Waals surface area (Å²) in [5.74, 6) is -3.16. The van der Waals surface area contributed by atoms with Gasteiger partial charge in [0.2, 0.25) is 0 Å². The molecule has 0 aliphatic heterocycles. The van der Waals surface area contributed by atoms with E-state index < -0.39 is 29.1 Å². The number of hydrogen-bond acceptors (Lipinski definition) is 2. The molecule has 0 saturated heterocycles. The maximum atomic E-state index is 13.6. The molecular weight excluding hydrogens is 255 g/mol. The zero-order valence-electron chi connectivity index (χ0n) is 9.91. The fourth-order valence-electron chi connectivity index (χ4n) is 1.79. The summed E-state index contributed by atoms with van der Waals surface area (Å²) < 4.78 is 40.3. The number of rotatable bonds is 3. The first-order chi connectivity index (χ1) is 9.04. The first kappa shape index (κ1) is 13.6. The van der Waals surface area contributed by atoms with Crippen LogP contribution in [0.25, 0.3) is 11.1 Å². The van der Waals surface area contributed by atoms with Crippen molar-refractivity contribution in [2.75, 3.05) is 6.61 Å². The van der Waals surface area contributed by atoms with Crippen molar-refractivity contribution in [2.24, 2.45) is 5.73 Å². The van der Waals surface area contributed by atoms with Crippen molar-refractivity contribution in [1.82, 2.24) is 0 Å². The minimum absolute atomic E-state index is 0.211. The second-order valence-corrected chi connectivity index (χ2v) is 4.13. The van der Waals surface area contributed by atoms with Crippen LogP contribution >= 0.6 is 0 Å². The van der Waals surface area contributed by atoms with Gasteiger partial charge in [0.25, 0.3) is 0 Å². The van der Waals surface area contributed by atoms with Gasteiger partial charge < -0.3 is 10.8 Å². The fraction of sp³-hybridized carbons (Fsp3) is 0.143. The van der Waals surface area contributed by atoms with Crippen LogP contribution in [0, 0.1) is 17.5 Å². The molecule has 5 heteroatoms. The zero-order chi connectivity index (χ0) is 14.0. The SMILES string of the molecule is N[C@@H](CO)c1ccc(-c2c(F)ccc(F)c2F)cc1. The number of benzene rings is 2. The Balaban J connectivity index is 2.46. The molecule has 0 radical (unpaired) electrons. The van der Waals surface area contributed by atoms with E-state index in [1.807, 2.05) is 0 Å². The molecule has 0 saturated carbocycles. The standard InChI is InChI=1S/C14H12F3NO/c15-10-5-6-11(16)14(17)13(10)9-3-1-8(2-4-9)12(18)7-19/h1-6,12,19H,7,18H2/t12-/m0/s1. The van der Waals surface area contributed by atoms with Crippen LogP contribution in [0.1, 0.15) is 11.6 Å². The van der Waals surface area contributed by atoms with Crippen LogP contribution in [-0.2, 0) is 0 Å². The number of halogens is 3. The van der Waals surface area contributed by atoms with Crippen molar-refractivity contribution in [3.63, 3.8) is 0 Å². The molecule has 19 heavy (non-hydrogen) atoms. The minimum Gasteiger partial charge on any atom is -0.394 e. The molecule has 2 nitrogen and oxygen atoms in total. The normalized spacial score (nSPS) is 12.5. The van der Waals surface area contributed by atoms with Crippen molar-refractivity contribution < 1.29 is 18.3 Å². The summed E-state index contributed by atoms with van der Waals surface area (Å²) in [4.78, 5) is 0. The predicted molar refractivity (Wildman–Crippen MR) is 65.8 cm³/mol. The minimum atomic E-state index is -1.22. The highest BCUT2D eigenvalue weighted by Gasteiger charge is 2.15. The summed E-state index contributed by atoms with van der Waals surface area (Å²) in [5.41, 5.74) is 6.04. The molecule has 0 aliphatic rings. The smallest absolute Gasteiger partial charge is 0.169 e. The predicted octanol–water partition coefficient (Wildman–Crippen LogP) is 2.76. The molecule has 0 bridgehead atoms.